The van der Waals surface area contributed by atoms with Crippen molar-refractivity contribution >= 4 is 39.1 Å². The number of carbonyl (C=O) groups excluding carboxylic acids is 1. The maximum atomic E-state index is 12.0. The molecule has 6 nitrogen and oxygen atoms in total. The Hall–Kier alpha value is -1.93. The van der Waals surface area contributed by atoms with E-state index in [0.29, 0.717) is 18.0 Å². The maximum absolute atomic E-state index is 12.0. The molecule has 1 aromatic heterocycles. The van der Waals surface area contributed by atoms with E-state index < -0.39 is 0 Å². The van der Waals surface area contributed by atoms with E-state index >= 15 is 0 Å². The Balaban J connectivity index is 1.79. The van der Waals surface area contributed by atoms with E-state index in [1.54, 1.807) is 12.6 Å². The van der Waals surface area contributed by atoms with Crippen molar-refractivity contribution in [1.29, 1.82) is 0 Å². The predicted molar refractivity (Wildman–Crippen MR) is 106 cm³/mol. The number of aliphatic imine (C=N–C) groups is 1. The van der Waals surface area contributed by atoms with Gasteiger partial charge in [-0.3, -0.25) is 9.79 Å². The van der Waals surface area contributed by atoms with Crippen LogP contribution in [0, 0.1) is 6.92 Å². The SMILES string of the molecule is CN=C(NCCNC(=O)c1scnc1C)N(C)Cc1ccccc1Br. The van der Waals surface area contributed by atoms with Gasteiger partial charge in [0.05, 0.1) is 11.2 Å². The molecule has 0 aliphatic heterocycles. The van der Waals surface area contributed by atoms with Crippen LogP contribution in [-0.2, 0) is 6.54 Å². The lowest BCUT2D eigenvalue weighted by atomic mass is 10.2. The van der Waals surface area contributed by atoms with Gasteiger partial charge in [0.15, 0.2) is 5.96 Å². The second kappa shape index (κ2) is 9.53. The van der Waals surface area contributed by atoms with Crippen LogP contribution in [0.1, 0.15) is 20.9 Å². The Labute approximate surface area is 160 Å². The molecule has 0 bridgehead atoms. The van der Waals surface area contributed by atoms with E-state index in [2.05, 4.69) is 42.6 Å². The van der Waals surface area contributed by atoms with Crippen molar-refractivity contribution < 1.29 is 4.79 Å². The quantitative estimate of drug-likeness (QED) is 0.425. The fraction of sp³-hybridized carbons (Fsp3) is 0.353. The molecule has 1 heterocycles. The molecule has 0 saturated heterocycles. The summed E-state index contributed by atoms with van der Waals surface area (Å²) in [6, 6.07) is 8.11. The van der Waals surface area contributed by atoms with Gasteiger partial charge in [-0.2, -0.15) is 0 Å². The summed E-state index contributed by atoms with van der Waals surface area (Å²) < 4.78 is 1.07. The topological polar surface area (TPSA) is 69.6 Å². The van der Waals surface area contributed by atoms with Crippen LogP contribution in [0.5, 0.6) is 0 Å². The number of hydrogen-bond acceptors (Lipinski definition) is 4. The number of guanidine groups is 1. The lowest BCUT2D eigenvalue weighted by molar-refractivity contribution is 0.0957. The van der Waals surface area contributed by atoms with Crippen LogP contribution in [0.25, 0.3) is 0 Å². The number of aryl methyl sites for hydroxylation is 1. The number of nitrogens with one attached hydrogen (secondary N) is 2. The van der Waals surface area contributed by atoms with Gasteiger partial charge in [-0.05, 0) is 18.6 Å². The summed E-state index contributed by atoms with van der Waals surface area (Å²) in [5, 5.41) is 6.15. The summed E-state index contributed by atoms with van der Waals surface area (Å²) in [4.78, 5) is 23.1. The number of hydrogen-bond donors (Lipinski definition) is 2. The standard InChI is InChI=1S/C17H22BrN5OS/c1-12-15(25-11-22-12)16(24)20-8-9-21-17(19-2)23(3)10-13-6-4-5-7-14(13)18/h4-7,11H,8-10H2,1-3H3,(H,19,21)(H,20,24). The molecule has 134 valence electrons. The van der Waals surface area contributed by atoms with Crippen LogP contribution in [0.2, 0.25) is 0 Å². The zero-order valence-corrected chi connectivity index (χ0v) is 16.9. The number of nitrogens with zero attached hydrogens (tertiary/aromatic N) is 3. The summed E-state index contributed by atoms with van der Waals surface area (Å²) in [7, 11) is 3.73. The van der Waals surface area contributed by atoms with E-state index in [9.17, 15) is 4.79 Å². The largest absolute Gasteiger partial charge is 0.354 e. The second-order valence-corrected chi connectivity index (χ2v) is 7.15. The van der Waals surface area contributed by atoms with Gasteiger partial charge >= 0.3 is 0 Å². The first-order valence-electron chi connectivity index (χ1n) is 7.86. The molecule has 0 aliphatic carbocycles. The molecule has 1 amide bonds. The number of aromatic nitrogens is 1. The van der Waals surface area contributed by atoms with Gasteiger partial charge in [0, 0.05) is 38.2 Å². The third-order valence-electron chi connectivity index (χ3n) is 3.58. The number of carbonyl (C=O) groups is 1. The third kappa shape index (κ3) is 5.54. The van der Waals surface area contributed by atoms with Crippen molar-refractivity contribution in [3.05, 3.63) is 50.4 Å². The minimum absolute atomic E-state index is 0.0849. The summed E-state index contributed by atoms with van der Waals surface area (Å²) in [5.41, 5.74) is 3.63. The van der Waals surface area contributed by atoms with Crippen LogP contribution in [0.15, 0.2) is 39.2 Å². The van der Waals surface area contributed by atoms with Gasteiger partial charge in [-0.15, -0.1) is 11.3 Å². The van der Waals surface area contributed by atoms with Crippen molar-refractivity contribution in [1.82, 2.24) is 20.5 Å². The highest BCUT2D eigenvalue weighted by atomic mass is 79.9. The average molecular weight is 424 g/mol. The summed E-state index contributed by atoms with van der Waals surface area (Å²) in [5.74, 6) is 0.692. The molecular weight excluding hydrogens is 402 g/mol. The van der Waals surface area contributed by atoms with Crippen LogP contribution < -0.4 is 10.6 Å². The lowest BCUT2D eigenvalue weighted by Gasteiger charge is -2.22. The second-order valence-electron chi connectivity index (χ2n) is 5.44. The van der Waals surface area contributed by atoms with Crippen LogP contribution in [-0.4, -0.2) is 48.9 Å². The molecule has 0 saturated carbocycles. The van der Waals surface area contributed by atoms with E-state index in [1.165, 1.54) is 16.9 Å². The molecular formula is C17H22BrN5OS. The summed E-state index contributed by atoms with van der Waals surface area (Å²) in [6.07, 6.45) is 0. The molecule has 0 aliphatic rings. The smallest absolute Gasteiger partial charge is 0.263 e. The molecule has 0 spiro atoms. The minimum Gasteiger partial charge on any atom is -0.354 e. The molecule has 2 rings (SSSR count). The highest BCUT2D eigenvalue weighted by molar-refractivity contribution is 9.10. The Bertz CT molecular complexity index is 746. The number of thiazole rings is 1. The molecule has 1 aromatic carbocycles. The van der Waals surface area contributed by atoms with E-state index in [0.717, 1.165) is 22.7 Å². The zero-order valence-electron chi connectivity index (χ0n) is 14.5. The molecule has 0 unspecified atom stereocenters. The Kier molecular flexibility index (Phi) is 7.39. The van der Waals surface area contributed by atoms with Gasteiger partial charge in [-0.25, -0.2) is 4.98 Å². The fourth-order valence-electron chi connectivity index (χ4n) is 2.29. The Morgan fingerprint density at radius 1 is 1.32 bits per heavy atom. The first-order valence-corrected chi connectivity index (χ1v) is 9.53. The lowest BCUT2D eigenvalue weighted by Crippen LogP contribution is -2.42. The summed E-state index contributed by atoms with van der Waals surface area (Å²) >= 11 is 4.92. The van der Waals surface area contributed by atoms with Gasteiger partial charge in [-0.1, -0.05) is 34.1 Å². The average Bonchev–Trinajstić information content (AvgIpc) is 3.03. The fourth-order valence-corrected chi connectivity index (χ4v) is 3.42. The highest BCUT2D eigenvalue weighted by Gasteiger charge is 2.11. The first kappa shape index (κ1) is 19.4. The van der Waals surface area contributed by atoms with Gasteiger partial charge < -0.3 is 15.5 Å². The molecule has 0 radical (unpaired) electrons. The highest BCUT2D eigenvalue weighted by Crippen LogP contribution is 2.17. The van der Waals surface area contributed by atoms with E-state index in [1.807, 2.05) is 37.1 Å². The van der Waals surface area contributed by atoms with Crippen LogP contribution in [0.3, 0.4) is 0 Å². The molecule has 2 aromatic rings. The van der Waals surface area contributed by atoms with Gasteiger partial charge in [0.2, 0.25) is 0 Å². The first-order chi connectivity index (χ1) is 12.0. The minimum atomic E-state index is -0.0849. The Morgan fingerprint density at radius 3 is 2.68 bits per heavy atom. The third-order valence-corrected chi connectivity index (χ3v) is 5.29. The van der Waals surface area contributed by atoms with Crippen LogP contribution in [0.4, 0.5) is 0 Å². The molecule has 0 atom stereocenters. The van der Waals surface area contributed by atoms with Crippen LogP contribution >= 0.6 is 27.3 Å². The van der Waals surface area contributed by atoms with Crippen molar-refractivity contribution in [3.8, 4) is 0 Å². The molecule has 25 heavy (non-hydrogen) atoms. The van der Waals surface area contributed by atoms with Crippen molar-refractivity contribution in [3.63, 3.8) is 0 Å². The molecule has 0 fully saturated rings. The van der Waals surface area contributed by atoms with Crippen molar-refractivity contribution in [2.45, 2.75) is 13.5 Å². The molecule has 2 N–H and O–H groups in total. The zero-order chi connectivity index (χ0) is 18.2. The van der Waals surface area contributed by atoms with Gasteiger partial charge in [0.25, 0.3) is 5.91 Å². The predicted octanol–water partition coefficient (Wildman–Crippen LogP) is 2.65. The van der Waals surface area contributed by atoms with E-state index in [4.69, 9.17) is 0 Å². The maximum Gasteiger partial charge on any atom is 0.263 e. The number of amides is 1. The normalized spacial score (nSPS) is 11.3. The molecule has 8 heteroatoms. The van der Waals surface area contributed by atoms with E-state index in [-0.39, 0.29) is 5.91 Å². The van der Waals surface area contributed by atoms with Crippen molar-refractivity contribution in [2.75, 3.05) is 27.2 Å². The van der Waals surface area contributed by atoms with Crippen molar-refractivity contribution in [2.24, 2.45) is 4.99 Å². The number of rotatable bonds is 6. The Morgan fingerprint density at radius 2 is 2.04 bits per heavy atom. The number of halogens is 1. The van der Waals surface area contributed by atoms with Gasteiger partial charge in [0.1, 0.15) is 4.88 Å². The number of benzene rings is 1. The monoisotopic (exact) mass is 423 g/mol. The summed E-state index contributed by atoms with van der Waals surface area (Å²) in [6.45, 7) is 3.67.